The van der Waals surface area contributed by atoms with E-state index in [4.69, 9.17) is 9.47 Å². The third kappa shape index (κ3) is 2.80. The van der Waals surface area contributed by atoms with E-state index in [0.717, 1.165) is 16.7 Å². The van der Waals surface area contributed by atoms with Gasteiger partial charge >= 0.3 is 5.97 Å². The van der Waals surface area contributed by atoms with Crippen LogP contribution in [0.15, 0.2) is 29.8 Å². The Morgan fingerprint density at radius 1 is 1.20 bits per heavy atom. The molecular weight excluding hydrogens is 256 g/mol. The van der Waals surface area contributed by atoms with Crippen molar-refractivity contribution in [2.24, 2.45) is 0 Å². The van der Waals surface area contributed by atoms with E-state index in [-0.39, 0.29) is 17.7 Å². The van der Waals surface area contributed by atoms with Crippen LogP contribution in [-0.4, -0.2) is 25.5 Å². The van der Waals surface area contributed by atoms with E-state index in [9.17, 15) is 9.59 Å². The Labute approximate surface area is 118 Å². The van der Waals surface area contributed by atoms with Gasteiger partial charge in [0, 0.05) is 37.5 Å². The van der Waals surface area contributed by atoms with E-state index >= 15 is 0 Å². The van der Waals surface area contributed by atoms with Crippen LogP contribution in [0.5, 0.6) is 0 Å². The summed E-state index contributed by atoms with van der Waals surface area (Å²) in [6.07, 6.45) is 0.389. The monoisotopic (exact) mass is 274 g/mol. The van der Waals surface area contributed by atoms with Crippen LogP contribution in [0.4, 0.5) is 0 Å². The predicted octanol–water partition coefficient (Wildman–Crippen LogP) is 2.68. The first kappa shape index (κ1) is 14.5. The molecule has 0 aromatic heterocycles. The summed E-state index contributed by atoms with van der Waals surface area (Å²) in [7, 11) is 1.59. The molecule has 0 aliphatic heterocycles. The van der Waals surface area contributed by atoms with Gasteiger partial charge in [-0.25, -0.2) is 0 Å². The topological polar surface area (TPSA) is 52.6 Å². The van der Waals surface area contributed by atoms with Crippen LogP contribution in [0, 0.1) is 0 Å². The number of rotatable bonds is 5. The minimum Gasteiger partial charge on any atom is -0.426 e. The molecule has 1 aliphatic rings. The van der Waals surface area contributed by atoms with Crippen molar-refractivity contribution >= 4 is 17.5 Å². The minimum atomic E-state index is -0.369. The Hall–Kier alpha value is -1.94. The maximum atomic E-state index is 11.5. The molecule has 1 aromatic carbocycles. The fraction of sp³-hybridized carbons (Fsp3) is 0.375. The number of benzene rings is 1. The normalized spacial score (nSPS) is 17.1. The first-order chi connectivity index (χ1) is 9.54. The van der Waals surface area contributed by atoms with E-state index in [0.29, 0.717) is 18.8 Å². The smallest absolute Gasteiger partial charge is 0.308 e. The number of Topliss-reactive ketones (excluding diaryl/α,β-unsaturated/α-hetero) is 1. The summed E-state index contributed by atoms with van der Waals surface area (Å²) >= 11 is 0. The molecule has 1 aromatic rings. The average Bonchev–Trinajstić information content (AvgIpc) is 2.65. The lowest BCUT2D eigenvalue weighted by Crippen LogP contribution is -2.09. The van der Waals surface area contributed by atoms with E-state index in [2.05, 4.69) is 0 Å². The van der Waals surface area contributed by atoms with Crippen molar-refractivity contribution < 1.29 is 19.1 Å². The fourth-order valence-electron chi connectivity index (χ4n) is 2.63. The zero-order chi connectivity index (χ0) is 14.7. The first-order valence-corrected chi connectivity index (χ1v) is 6.53. The molecule has 0 heterocycles. The van der Waals surface area contributed by atoms with Gasteiger partial charge in [0.1, 0.15) is 11.5 Å². The molecule has 106 valence electrons. The number of hydrogen-bond acceptors (Lipinski definition) is 4. The highest BCUT2D eigenvalue weighted by atomic mass is 16.5. The second-order valence-electron chi connectivity index (χ2n) is 4.93. The molecule has 1 aliphatic carbocycles. The molecule has 1 unspecified atom stereocenters. The second kappa shape index (κ2) is 6.01. The highest BCUT2D eigenvalue weighted by molar-refractivity contribution is 5.85. The lowest BCUT2D eigenvalue weighted by Gasteiger charge is -2.14. The molecule has 0 N–H and O–H groups in total. The van der Waals surface area contributed by atoms with Crippen molar-refractivity contribution in [1.82, 2.24) is 0 Å². The standard InChI is InChI=1S/C16H18O4/c1-10(17)8-14-12-6-4-5-7-13(12)16(20-11(2)18)15(14)9-19-3/h4-7,14H,8-9H2,1-3H3. The van der Waals surface area contributed by atoms with Crippen LogP contribution in [0.25, 0.3) is 5.76 Å². The van der Waals surface area contributed by atoms with Gasteiger partial charge in [-0.3, -0.25) is 9.59 Å². The number of ether oxygens (including phenoxy) is 2. The van der Waals surface area contributed by atoms with Crippen molar-refractivity contribution in [2.45, 2.75) is 26.2 Å². The van der Waals surface area contributed by atoms with Crippen molar-refractivity contribution in [1.29, 1.82) is 0 Å². The number of hydrogen-bond donors (Lipinski definition) is 0. The summed E-state index contributed by atoms with van der Waals surface area (Å²) < 4.78 is 10.6. The molecule has 0 radical (unpaired) electrons. The summed E-state index contributed by atoms with van der Waals surface area (Å²) in [5.74, 6) is 0.202. The third-order valence-electron chi connectivity index (χ3n) is 3.33. The van der Waals surface area contributed by atoms with E-state index < -0.39 is 0 Å². The van der Waals surface area contributed by atoms with Gasteiger partial charge in [0.2, 0.25) is 0 Å². The molecule has 4 heteroatoms. The summed E-state index contributed by atoms with van der Waals surface area (Å²) in [6, 6.07) is 7.69. The Kier molecular flexibility index (Phi) is 4.35. The lowest BCUT2D eigenvalue weighted by molar-refractivity contribution is -0.134. The fourth-order valence-corrected chi connectivity index (χ4v) is 2.63. The van der Waals surface area contributed by atoms with Crippen LogP contribution < -0.4 is 0 Å². The molecule has 0 fully saturated rings. The van der Waals surface area contributed by atoms with Crippen LogP contribution >= 0.6 is 0 Å². The summed E-state index contributed by atoms with van der Waals surface area (Å²) in [5.41, 5.74) is 2.76. The van der Waals surface area contributed by atoms with Gasteiger partial charge in [0.05, 0.1) is 6.61 Å². The second-order valence-corrected chi connectivity index (χ2v) is 4.93. The Morgan fingerprint density at radius 3 is 2.50 bits per heavy atom. The first-order valence-electron chi connectivity index (χ1n) is 6.53. The zero-order valence-electron chi connectivity index (χ0n) is 11.9. The van der Waals surface area contributed by atoms with Gasteiger partial charge in [-0.2, -0.15) is 0 Å². The Bertz CT molecular complexity index is 572. The van der Waals surface area contributed by atoms with Crippen molar-refractivity contribution in [2.75, 3.05) is 13.7 Å². The maximum Gasteiger partial charge on any atom is 0.308 e. The van der Waals surface area contributed by atoms with Crippen molar-refractivity contribution in [3.05, 3.63) is 41.0 Å². The van der Waals surface area contributed by atoms with Gasteiger partial charge in [-0.05, 0) is 12.5 Å². The lowest BCUT2D eigenvalue weighted by atomic mass is 9.91. The molecule has 20 heavy (non-hydrogen) atoms. The van der Waals surface area contributed by atoms with E-state index in [1.807, 2.05) is 24.3 Å². The molecular formula is C16H18O4. The Balaban J connectivity index is 2.51. The van der Waals surface area contributed by atoms with Crippen molar-refractivity contribution in [3.8, 4) is 0 Å². The average molecular weight is 274 g/mol. The number of methoxy groups -OCH3 is 1. The molecule has 0 spiro atoms. The summed E-state index contributed by atoms with van der Waals surface area (Å²) in [5, 5.41) is 0. The summed E-state index contributed by atoms with van der Waals surface area (Å²) in [4.78, 5) is 22.8. The quantitative estimate of drug-likeness (QED) is 0.775. The predicted molar refractivity (Wildman–Crippen MR) is 75.0 cm³/mol. The third-order valence-corrected chi connectivity index (χ3v) is 3.33. The molecule has 1 atom stereocenters. The van der Waals surface area contributed by atoms with E-state index in [1.165, 1.54) is 6.92 Å². The van der Waals surface area contributed by atoms with Crippen LogP contribution in [0.2, 0.25) is 0 Å². The minimum absolute atomic E-state index is 0.0713. The Morgan fingerprint density at radius 2 is 1.90 bits per heavy atom. The largest absolute Gasteiger partial charge is 0.426 e. The number of fused-ring (bicyclic) bond motifs is 1. The molecule has 0 amide bonds. The highest BCUT2D eigenvalue weighted by Gasteiger charge is 2.33. The van der Waals surface area contributed by atoms with Gasteiger partial charge in [-0.1, -0.05) is 24.3 Å². The number of ketones is 1. The number of carbonyl (C=O) groups is 2. The van der Waals surface area contributed by atoms with Crippen LogP contribution in [-0.2, 0) is 19.1 Å². The van der Waals surface area contributed by atoms with Gasteiger partial charge in [0.25, 0.3) is 0 Å². The SMILES string of the molecule is COCC1=C(OC(C)=O)c2ccccc2C1CC(C)=O. The maximum absolute atomic E-state index is 11.5. The van der Waals surface area contributed by atoms with Crippen molar-refractivity contribution in [3.63, 3.8) is 0 Å². The van der Waals surface area contributed by atoms with Gasteiger partial charge in [0.15, 0.2) is 0 Å². The summed E-state index contributed by atoms with van der Waals surface area (Å²) in [6.45, 7) is 3.28. The molecule has 2 rings (SSSR count). The highest BCUT2D eigenvalue weighted by Crippen LogP contribution is 2.44. The number of esters is 1. The van der Waals surface area contributed by atoms with Crippen LogP contribution in [0.1, 0.15) is 37.3 Å². The van der Waals surface area contributed by atoms with Gasteiger partial charge < -0.3 is 9.47 Å². The molecule has 4 nitrogen and oxygen atoms in total. The van der Waals surface area contributed by atoms with E-state index in [1.54, 1.807) is 14.0 Å². The molecule has 0 saturated carbocycles. The number of carbonyl (C=O) groups excluding carboxylic acids is 2. The molecule has 0 saturated heterocycles. The zero-order valence-corrected chi connectivity index (χ0v) is 11.9. The molecule has 0 bridgehead atoms. The van der Waals surface area contributed by atoms with Gasteiger partial charge in [-0.15, -0.1) is 0 Å². The van der Waals surface area contributed by atoms with Crippen LogP contribution in [0.3, 0.4) is 0 Å².